The largest absolute Gasteiger partial charge is 0.322 e. The van der Waals surface area contributed by atoms with Gasteiger partial charge in [0.05, 0.1) is 27.0 Å². The van der Waals surface area contributed by atoms with Crippen LogP contribution in [-0.4, -0.2) is 23.5 Å². The minimum absolute atomic E-state index is 0.0348. The number of benzene rings is 1. The first-order chi connectivity index (χ1) is 9.16. The summed E-state index contributed by atoms with van der Waals surface area (Å²) >= 11 is 7.71. The number of nitrogens with zero attached hydrogens (tertiary/aromatic N) is 1. The number of carbonyl (C=O) groups excluding carboxylic acids is 1. The van der Waals surface area contributed by atoms with Gasteiger partial charge in [-0.3, -0.25) is 4.79 Å². The molecular weight excluding hydrogens is 282 g/mol. The summed E-state index contributed by atoms with van der Waals surface area (Å²) in [6, 6.07) is 3.56. The van der Waals surface area contributed by atoms with Crippen LogP contribution in [0.3, 0.4) is 0 Å². The van der Waals surface area contributed by atoms with Crippen molar-refractivity contribution in [3.63, 3.8) is 0 Å². The van der Waals surface area contributed by atoms with Crippen LogP contribution in [0.15, 0.2) is 17.6 Å². The van der Waals surface area contributed by atoms with E-state index < -0.39 is 0 Å². The number of halogens is 1. The monoisotopic (exact) mass is 295 g/mol. The van der Waals surface area contributed by atoms with Crippen LogP contribution in [0.1, 0.15) is 13.3 Å². The van der Waals surface area contributed by atoms with Crippen molar-refractivity contribution in [3.05, 3.63) is 22.7 Å². The fraction of sp³-hybridized carbons (Fsp3) is 0.385. The number of nitrogens with one attached hydrogen (secondary N) is 2. The number of hydrogen-bond donors (Lipinski definition) is 2. The first kappa shape index (κ1) is 12.8. The maximum absolute atomic E-state index is 12.3. The molecule has 1 fully saturated rings. The highest BCUT2D eigenvalue weighted by molar-refractivity contribution is 7.16. The molecule has 6 heteroatoms. The van der Waals surface area contributed by atoms with E-state index in [1.54, 1.807) is 11.6 Å². The molecule has 19 heavy (non-hydrogen) atoms. The van der Waals surface area contributed by atoms with Gasteiger partial charge in [-0.1, -0.05) is 18.5 Å². The van der Waals surface area contributed by atoms with Gasteiger partial charge in [-0.2, -0.15) is 0 Å². The number of hydrogen-bond acceptors (Lipinski definition) is 4. The van der Waals surface area contributed by atoms with Crippen LogP contribution in [0.4, 0.5) is 5.69 Å². The van der Waals surface area contributed by atoms with Crippen molar-refractivity contribution in [3.8, 4) is 0 Å². The molecule has 0 spiro atoms. The Bertz CT molecular complexity index is 627. The van der Waals surface area contributed by atoms with Gasteiger partial charge in [0.25, 0.3) is 0 Å². The first-order valence-electron chi connectivity index (χ1n) is 6.23. The minimum Gasteiger partial charge on any atom is -0.322 e. The molecule has 1 aliphatic heterocycles. The van der Waals surface area contributed by atoms with E-state index in [0.29, 0.717) is 16.6 Å². The third-order valence-corrected chi connectivity index (χ3v) is 4.62. The van der Waals surface area contributed by atoms with Crippen LogP contribution in [0.2, 0.25) is 5.02 Å². The van der Waals surface area contributed by atoms with Gasteiger partial charge in [0.15, 0.2) is 0 Å². The lowest BCUT2D eigenvalue weighted by Gasteiger charge is -2.16. The molecule has 1 aromatic heterocycles. The van der Waals surface area contributed by atoms with E-state index in [1.807, 2.05) is 6.07 Å². The number of carbonyl (C=O) groups is 1. The van der Waals surface area contributed by atoms with Gasteiger partial charge < -0.3 is 10.6 Å². The van der Waals surface area contributed by atoms with Gasteiger partial charge in [0, 0.05) is 0 Å². The van der Waals surface area contributed by atoms with Crippen molar-refractivity contribution in [2.24, 2.45) is 5.92 Å². The average molecular weight is 296 g/mol. The van der Waals surface area contributed by atoms with E-state index >= 15 is 0 Å². The molecule has 2 N–H and O–H groups in total. The molecule has 4 nitrogen and oxygen atoms in total. The summed E-state index contributed by atoms with van der Waals surface area (Å²) in [5.41, 5.74) is 3.13. The summed E-state index contributed by atoms with van der Waals surface area (Å²) in [7, 11) is 0. The molecule has 0 aliphatic carbocycles. The molecule has 0 saturated carbocycles. The van der Waals surface area contributed by atoms with Gasteiger partial charge in [-0.15, -0.1) is 11.3 Å². The standard InChI is InChI=1S/C13H14ClN3OS/c1-7-4-5-15-10(7)13(18)17-11-8(14)2-3-9-12(11)16-6-19-9/h2-3,6-7,10,15H,4-5H2,1H3,(H,17,18). The maximum Gasteiger partial charge on any atom is 0.241 e. The second-order valence-corrected chi connectivity index (χ2v) is 6.10. The summed E-state index contributed by atoms with van der Waals surface area (Å²) in [5, 5.41) is 6.66. The Morgan fingerprint density at radius 2 is 2.42 bits per heavy atom. The number of anilines is 1. The third-order valence-electron chi connectivity index (χ3n) is 3.52. The third kappa shape index (κ3) is 2.33. The normalized spacial score (nSPS) is 22.8. The Morgan fingerprint density at radius 1 is 1.58 bits per heavy atom. The molecule has 1 saturated heterocycles. The fourth-order valence-electron chi connectivity index (χ4n) is 2.41. The van der Waals surface area contributed by atoms with E-state index in [0.717, 1.165) is 23.2 Å². The molecule has 2 atom stereocenters. The lowest BCUT2D eigenvalue weighted by Crippen LogP contribution is -2.39. The van der Waals surface area contributed by atoms with Crippen molar-refractivity contribution < 1.29 is 4.79 Å². The maximum atomic E-state index is 12.3. The van der Waals surface area contributed by atoms with E-state index in [2.05, 4.69) is 22.5 Å². The van der Waals surface area contributed by atoms with Gasteiger partial charge in [-0.05, 0) is 31.0 Å². The van der Waals surface area contributed by atoms with Crippen LogP contribution >= 0.6 is 22.9 Å². The van der Waals surface area contributed by atoms with Crippen molar-refractivity contribution >= 4 is 44.7 Å². The van der Waals surface area contributed by atoms with Crippen LogP contribution < -0.4 is 10.6 Å². The fourth-order valence-corrected chi connectivity index (χ4v) is 3.30. The zero-order chi connectivity index (χ0) is 13.4. The van der Waals surface area contributed by atoms with Gasteiger partial charge in [0.1, 0.15) is 5.52 Å². The zero-order valence-electron chi connectivity index (χ0n) is 10.4. The van der Waals surface area contributed by atoms with Crippen LogP contribution in [-0.2, 0) is 4.79 Å². The van der Waals surface area contributed by atoms with Crippen LogP contribution in [0, 0.1) is 5.92 Å². The number of thiazole rings is 1. The summed E-state index contributed by atoms with van der Waals surface area (Å²) in [5.74, 6) is 0.306. The zero-order valence-corrected chi connectivity index (χ0v) is 12.0. The molecule has 1 amide bonds. The summed E-state index contributed by atoms with van der Waals surface area (Å²) < 4.78 is 1.02. The smallest absolute Gasteiger partial charge is 0.241 e. The van der Waals surface area contributed by atoms with E-state index in [-0.39, 0.29) is 11.9 Å². The summed E-state index contributed by atoms with van der Waals surface area (Å²) in [6.07, 6.45) is 1.02. The number of fused-ring (bicyclic) bond motifs is 1. The van der Waals surface area contributed by atoms with Gasteiger partial charge >= 0.3 is 0 Å². The Hall–Kier alpha value is -1.17. The van der Waals surface area contributed by atoms with Crippen LogP contribution in [0.5, 0.6) is 0 Å². The lowest BCUT2D eigenvalue weighted by molar-refractivity contribution is -0.118. The second kappa shape index (κ2) is 5.07. The Balaban J connectivity index is 1.90. The quantitative estimate of drug-likeness (QED) is 0.896. The van der Waals surface area contributed by atoms with E-state index in [4.69, 9.17) is 11.6 Å². The average Bonchev–Trinajstić information content (AvgIpc) is 3.01. The second-order valence-electron chi connectivity index (χ2n) is 4.81. The highest BCUT2D eigenvalue weighted by Crippen LogP contribution is 2.32. The molecule has 1 aliphatic rings. The number of aromatic nitrogens is 1. The summed E-state index contributed by atoms with van der Waals surface area (Å²) in [4.78, 5) is 16.6. The first-order valence-corrected chi connectivity index (χ1v) is 7.48. The van der Waals surface area contributed by atoms with Crippen molar-refractivity contribution in [1.82, 2.24) is 10.3 Å². The molecule has 2 aromatic rings. The topological polar surface area (TPSA) is 54.0 Å². The van der Waals surface area contributed by atoms with E-state index in [9.17, 15) is 4.79 Å². The van der Waals surface area contributed by atoms with Gasteiger partial charge in [-0.25, -0.2) is 4.98 Å². The lowest BCUT2D eigenvalue weighted by atomic mass is 10.0. The molecule has 100 valence electrons. The molecular formula is C13H14ClN3OS. The number of amides is 1. The van der Waals surface area contributed by atoms with Crippen molar-refractivity contribution in [1.29, 1.82) is 0 Å². The highest BCUT2D eigenvalue weighted by atomic mass is 35.5. The van der Waals surface area contributed by atoms with E-state index in [1.165, 1.54) is 11.3 Å². The molecule has 0 radical (unpaired) electrons. The van der Waals surface area contributed by atoms with Crippen molar-refractivity contribution in [2.75, 3.05) is 11.9 Å². The minimum atomic E-state index is -0.148. The Kier molecular flexibility index (Phi) is 3.43. The van der Waals surface area contributed by atoms with Crippen molar-refractivity contribution in [2.45, 2.75) is 19.4 Å². The predicted octanol–water partition coefficient (Wildman–Crippen LogP) is 2.89. The van der Waals surface area contributed by atoms with Gasteiger partial charge in [0.2, 0.25) is 5.91 Å². The predicted molar refractivity (Wildman–Crippen MR) is 78.8 cm³/mol. The Labute approximate surface area is 120 Å². The molecule has 1 aromatic carbocycles. The molecule has 0 bridgehead atoms. The summed E-state index contributed by atoms with van der Waals surface area (Å²) in [6.45, 7) is 2.96. The SMILES string of the molecule is CC1CCNC1C(=O)Nc1c(Cl)ccc2scnc12. The molecule has 3 rings (SSSR count). The van der Waals surface area contributed by atoms with Crippen LogP contribution in [0.25, 0.3) is 10.2 Å². The number of rotatable bonds is 2. The molecule has 2 unspecified atom stereocenters. The molecule has 2 heterocycles. The highest BCUT2D eigenvalue weighted by Gasteiger charge is 2.29. The Morgan fingerprint density at radius 3 is 3.16 bits per heavy atom.